The maximum atomic E-state index is 12.8. The zero-order valence-corrected chi connectivity index (χ0v) is 15.1. The van der Waals surface area contributed by atoms with Crippen molar-refractivity contribution in [1.82, 2.24) is 4.90 Å². The Kier molecular flexibility index (Phi) is 6.57. The Hall–Kier alpha value is -3.06. The second kappa shape index (κ2) is 8.87. The van der Waals surface area contributed by atoms with E-state index in [-0.39, 0.29) is 50.7 Å². The minimum Gasteiger partial charge on any atom is -0.495 e. The Morgan fingerprint density at radius 2 is 1.96 bits per heavy atom. The van der Waals surface area contributed by atoms with Crippen LogP contribution in [0.5, 0.6) is 5.75 Å². The van der Waals surface area contributed by atoms with Gasteiger partial charge in [-0.25, -0.2) is 0 Å². The highest BCUT2D eigenvalue weighted by Crippen LogP contribution is 2.34. The standard InChI is InChI=1S/C19H22N4O3/c1-14-5-6-17(26-2)16(11-14)23-13-15(12-18(23)24)19(25)22(9-3-7-20)10-4-8-21/h5-6,11,15H,3-4,9-10,12-13H2,1-2H3. The summed E-state index contributed by atoms with van der Waals surface area (Å²) >= 11 is 0. The molecule has 1 aliphatic rings. The van der Waals surface area contributed by atoms with Gasteiger partial charge in [-0.15, -0.1) is 0 Å². The fraction of sp³-hybridized carbons (Fsp3) is 0.474. The summed E-state index contributed by atoms with van der Waals surface area (Å²) in [5.41, 5.74) is 1.65. The average Bonchev–Trinajstić information content (AvgIpc) is 3.03. The van der Waals surface area contributed by atoms with E-state index < -0.39 is 5.92 Å². The normalized spacial score (nSPS) is 16.1. The molecule has 0 N–H and O–H groups in total. The van der Waals surface area contributed by atoms with Gasteiger partial charge in [0.15, 0.2) is 0 Å². The predicted octanol–water partition coefficient (Wildman–Crippen LogP) is 2.01. The number of benzene rings is 1. The van der Waals surface area contributed by atoms with Crippen LogP contribution in [-0.2, 0) is 9.59 Å². The van der Waals surface area contributed by atoms with E-state index in [2.05, 4.69) is 0 Å². The van der Waals surface area contributed by atoms with Crippen LogP contribution in [0.15, 0.2) is 18.2 Å². The van der Waals surface area contributed by atoms with Crippen LogP contribution in [0.4, 0.5) is 5.69 Å². The van der Waals surface area contributed by atoms with Crippen molar-refractivity contribution in [3.63, 3.8) is 0 Å². The zero-order valence-electron chi connectivity index (χ0n) is 15.1. The molecule has 1 heterocycles. The smallest absolute Gasteiger partial charge is 0.228 e. The van der Waals surface area contributed by atoms with E-state index in [9.17, 15) is 9.59 Å². The molecule has 1 aliphatic heterocycles. The van der Waals surface area contributed by atoms with Crippen LogP contribution in [0, 0.1) is 35.5 Å². The van der Waals surface area contributed by atoms with Crippen molar-refractivity contribution in [1.29, 1.82) is 10.5 Å². The monoisotopic (exact) mass is 354 g/mol. The molecule has 0 saturated carbocycles. The van der Waals surface area contributed by atoms with Gasteiger partial charge in [-0.3, -0.25) is 9.59 Å². The van der Waals surface area contributed by atoms with Gasteiger partial charge < -0.3 is 14.5 Å². The summed E-state index contributed by atoms with van der Waals surface area (Å²) in [5.74, 6) is -0.210. The summed E-state index contributed by atoms with van der Waals surface area (Å²) in [6, 6.07) is 9.60. The highest BCUT2D eigenvalue weighted by Gasteiger charge is 2.38. The first-order valence-electron chi connectivity index (χ1n) is 8.49. The van der Waals surface area contributed by atoms with Crippen LogP contribution in [0.25, 0.3) is 0 Å². The first-order chi connectivity index (χ1) is 12.5. The molecule has 26 heavy (non-hydrogen) atoms. The molecule has 0 radical (unpaired) electrons. The summed E-state index contributed by atoms with van der Waals surface area (Å²) in [6.45, 7) is 2.75. The molecule has 7 nitrogen and oxygen atoms in total. The molecule has 1 aromatic rings. The van der Waals surface area contributed by atoms with E-state index in [1.165, 1.54) is 4.90 Å². The van der Waals surface area contributed by atoms with Crippen molar-refractivity contribution < 1.29 is 14.3 Å². The van der Waals surface area contributed by atoms with Gasteiger partial charge in [0, 0.05) is 26.1 Å². The quantitative estimate of drug-likeness (QED) is 0.746. The molecular formula is C19H22N4O3. The molecule has 1 fully saturated rings. The molecule has 2 rings (SSSR count). The lowest BCUT2D eigenvalue weighted by molar-refractivity contribution is -0.135. The van der Waals surface area contributed by atoms with Crippen molar-refractivity contribution in [3.05, 3.63) is 23.8 Å². The molecule has 7 heteroatoms. The molecule has 0 bridgehead atoms. The number of hydrogen-bond acceptors (Lipinski definition) is 5. The maximum Gasteiger partial charge on any atom is 0.228 e. The van der Waals surface area contributed by atoms with Crippen molar-refractivity contribution >= 4 is 17.5 Å². The van der Waals surface area contributed by atoms with Crippen molar-refractivity contribution in [2.45, 2.75) is 26.2 Å². The van der Waals surface area contributed by atoms with Gasteiger partial charge in [0.05, 0.1) is 43.7 Å². The number of carbonyl (C=O) groups is 2. The van der Waals surface area contributed by atoms with Gasteiger partial charge in [-0.2, -0.15) is 10.5 Å². The largest absolute Gasteiger partial charge is 0.495 e. The van der Waals surface area contributed by atoms with Crippen LogP contribution in [0.1, 0.15) is 24.8 Å². The third kappa shape index (κ3) is 4.31. The van der Waals surface area contributed by atoms with Crippen LogP contribution in [0.2, 0.25) is 0 Å². The van der Waals surface area contributed by atoms with Gasteiger partial charge in [0.25, 0.3) is 0 Å². The highest BCUT2D eigenvalue weighted by molar-refractivity contribution is 6.01. The number of nitriles is 2. The lowest BCUT2D eigenvalue weighted by Crippen LogP contribution is -2.38. The van der Waals surface area contributed by atoms with E-state index in [1.807, 2.05) is 31.2 Å². The van der Waals surface area contributed by atoms with E-state index in [0.717, 1.165) is 5.56 Å². The first kappa shape index (κ1) is 19.3. The molecule has 0 spiro atoms. The molecule has 0 aromatic heterocycles. The lowest BCUT2D eigenvalue weighted by Gasteiger charge is -2.24. The lowest BCUT2D eigenvalue weighted by atomic mass is 10.1. The van der Waals surface area contributed by atoms with Gasteiger partial charge in [-0.05, 0) is 24.6 Å². The SMILES string of the molecule is COc1ccc(C)cc1N1CC(C(=O)N(CCC#N)CCC#N)CC1=O. The molecule has 1 aromatic carbocycles. The average molecular weight is 354 g/mol. The van der Waals surface area contributed by atoms with Crippen LogP contribution < -0.4 is 9.64 Å². The highest BCUT2D eigenvalue weighted by atomic mass is 16.5. The number of rotatable bonds is 7. The number of carbonyl (C=O) groups excluding carboxylic acids is 2. The first-order valence-corrected chi connectivity index (χ1v) is 8.49. The van der Waals surface area contributed by atoms with Crippen molar-refractivity contribution in [2.24, 2.45) is 5.92 Å². The van der Waals surface area contributed by atoms with Gasteiger partial charge >= 0.3 is 0 Å². The van der Waals surface area contributed by atoms with E-state index in [0.29, 0.717) is 11.4 Å². The Balaban J connectivity index is 2.17. The van der Waals surface area contributed by atoms with Crippen LogP contribution >= 0.6 is 0 Å². The van der Waals surface area contributed by atoms with Gasteiger partial charge in [-0.1, -0.05) is 6.07 Å². The number of nitrogens with zero attached hydrogens (tertiary/aromatic N) is 4. The van der Waals surface area contributed by atoms with Crippen LogP contribution in [-0.4, -0.2) is 43.5 Å². The molecule has 1 atom stereocenters. The van der Waals surface area contributed by atoms with Crippen LogP contribution in [0.3, 0.4) is 0 Å². The summed E-state index contributed by atoms with van der Waals surface area (Å²) in [4.78, 5) is 28.4. The fourth-order valence-corrected chi connectivity index (χ4v) is 3.08. The Bertz CT molecular complexity index is 745. The maximum absolute atomic E-state index is 12.8. The fourth-order valence-electron chi connectivity index (χ4n) is 3.08. The minimum absolute atomic E-state index is 0.117. The second-order valence-corrected chi connectivity index (χ2v) is 6.22. The molecular weight excluding hydrogens is 332 g/mol. The topological polar surface area (TPSA) is 97.4 Å². The molecule has 1 unspecified atom stereocenters. The molecule has 0 aliphatic carbocycles. The van der Waals surface area contributed by atoms with Crippen molar-refractivity contribution in [2.75, 3.05) is 31.6 Å². The number of ether oxygens (including phenoxy) is 1. The third-order valence-electron chi connectivity index (χ3n) is 4.40. The number of methoxy groups -OCH3 is 1. The number of aryl methyl sites for hydroxylation is 1. The number of amides is 2. The third-order valence-corrected chi connectivity index (χ3v) is 4.40. The summed E-state index contributed by atoms with van der Waals surface area (Å²) in [7, 11) is 1.54. The minimum atomic E-state index is -0.481. The van der Waals surface area contributed by atoms with Gasteiger partial charge in [0.2, 0.25) is 11.8 Å². The van der Waals surface area contributed by atoms with E-state index >= 15 is 0 Å². The summed E-state index contributed by atoms with van der Waals surface area (Å²) < 4.78 is 5.35. The Labute approximate surface area is 153 Å². The Morgan fingerprint density at radius 3 is 2.54 bits per heavy atom. The number of hydrogen-bond donors (Lipinski definition) is 0. The second-order valence-electron chi connectivity index (χ2n) is 6.22. The number of anilines is 1. The summed E-state index contributed by atoms with van der Waals surface area (Å²) in [5, 5.41) is 17.5. The van der Waals surface area contributed by atoms with E-state index in [1.54, 1.807) is 18.1 Å². The molecule has 1 saturated heterocycles. The Morgan fingerprint density at radius 1 is 1.31 bits per heavy atom. The molecule has 136 valence electrons. The van der Waals surface area contributed by atoms with E-state index in [4.69, 9.17) is 15.3 Å². The molecule has 2 amide bonds. The van der Waals surface area contributed by atoms with Gasteiger partial charge in [0.1, 0.15) is 5.75 Å². The predicted molar refractivity (Wildman–Crippen MR) is 95.2 cm³/mol. The zero-order chi connectivity index (χ0) is 19.1. The van der Waals surface area contributed by atoms with Crippen molar-refractivity contribution in [3.8, 4) is 17.9 Å². The summed E-state index contributed by atoms with van der Waals surface area (Å²) in [6.07, 6.45) is 0.520.